The Labute approximate surface area is 319 Å². The second kappa shape index (κ2) is 15.5. The highest BCUT2D eigenvalue weighted by Gasteiger charge is 2.41. The molecular formula is C46H39N7O2. The molecule has 0 unspecified atom stereocenters. The molecule has 5 aromatic carbocycles. The van der Waals surface area contributed by atoms with Crippen molar-refractivity contribution < 1.29 is 9.90 Å². The summed E-state index contributed by atoms with van der Waals surface area (Å²) in [5.74, 6) is 0.999. The summed E-state index contributed by atoms with van der Waals surface area (Å²) in [5.41, 5.74) is 6.56. The maximum atomic E-state index is 11.7. The van der Waals surface area contributed by atoms with Gasteiger partial charge in [-0.2, -0.15) is 0 Å². The largest absolute Gasteiger partial charge is 0.478 e. The smallest absolute Gasteiger partial charge is 0.328 e. The van der Waals surface area contributed by atoms with Crippen molar-refractivity contribution in [3.63, 3.8) is 0 Å². The zero-order valence-electron chi connectivity index (χ0n) is 30.4. The number of aryl methyl sites for hydroxylation is 1. The number of hydrogen-bond donors (Lipinski definition) is 1. The first-order valence-corrected chi connectivity index (χ1v) is 18.4. The Balaban J connectivity index is 1.31. The van der Waals surface area contributed by atoms with Gasteiger partial charge in [-0.1, -0.05) is 140 Å². The van der Waals surface area contributed by atoms with Gasteiger partial charge in [-0.25, -0.2) is 9.78 Å². The van der Waals surface area contributed by atoms with E-state index in [2.05, 4.69) is 78.2 Å². The zero-order chi connectivity index (χ0) is 37.6. The van der Waals surface area contributed by atoms with Crippen LogP contribution in [0.3, 0.4) is 0 Å². The number of imidazole rings is 1. The molecule has 0 aliphatic heterocycles. The van der Waals surface area contributed by atoms with Crippen LogP contribution in [0.5, 0.6) is 0 Å². The zero-order valence-corrected chi connectivity index (χ0v) is 30.4. The number of aromatic nitrogens is 7. The van der Waals surface area contributed by atoms with Crippen LogP contribution in [0.15, 0.2) is 170 Å². The predicted octanol–water partition coefficient (Wildman–Crippen LogP) is 8.93. The van der Waals surface area contributed by atoms with Crippen molar-refractivity contribution >= 4 is 12.0 Å². The number of benzene rings is 5. The molecule has 0 amide bonds. The highest BCUT2D eigenvalue weighted by Crippen LogP contribution is 2.40. The van der Waals surface area contributed by atoms with Crippen LogP contribution in [-0.4, -0.2) is 45.4 Å². The maximum absolute atomic E-state index is 11.7. The van der Waals surface area contributed by atoms with Crippen LogP contribution in [0.2, 0.25) is 0 Å². The van der Waals surface area contributed by atoms with Gasteiger partial charge in [0.1, 0.15) is 5.82 Å². The Morgan fingerprint density at radius 3 is 1.87 bits per heavy atom. The molecule has 0 spiro atoms. The lowest BCUT2D eigenvalue weighted by Gasteiger charge is -2.34. The molecule has 8 aromatic rings. The van der Waals surface area contributed by atoms with Gasteiger partial charge in [-0.3, -0.25) is 0 Å². The van der Waals surface area contributed by atoms with Crippen LogP contribution >= 0.6 is 0 Å². The molecule has 8 rings (SSSR count). The van der Waals surface area contributed by atoms with Crippen molar-refractivity contribution in [1.82, 2.24) is 34.3 Å². The van der Waals surface area contributed by atoms with Crippen LogP contribution in [-0.2, 0) is 23.3 Å². The summed E-state index contributed by atoms with van der Waals surface area (Å²) < 4.78 is 4.02. The fraction of sp³-hybridized carbons (Fsp3) is 0.109. The van der Waals surface area contributed by atoms with Gasteiger partial charge in [0.05, 0.1) is 5.69 Å². The lowest BCUT2D eigenvalue weighted by Crippen LogP contribution is -2.39. The number of tetrazole rings is 1. The summed E-state index contributed by atoms with van der Waals surface area (Å²) >= 11 is 0. The van der Waals surface area contributed by atoms with Crippen LogP contribution < -0.4 is 0 Å². The number of carboxylic acids is 1. The molecule has 0 saturated heterocycles. The van der Waals surface area contributed by atoms with Gasteiger partial charge in [0.25, 0.3) is 0 Å². The van der Waals surface area contributed by atoms with E-state index in [-0.39, 0.29) is 0 Å². The van der Waals surface area contributed by atoms with Gasteiger partial charge in [0.15, 0.2) is 11.4 Å². The molecule has 9 nitrogen and oxygen atoms in total. The minimum atomic E-state index is -1.02. The summed E-state index contributed by atoms with van der Waals surface area (Å²) in [6, 6.07) is 51.3. The maximum Gasteiger partial charge on any atom is 0.328 e. The second-order valence-corrected chi connectivity index (χ2v) is 13.3. The Hall–Kier alpha value is -7.13. The molecule has 55 heavy (non-hydrogen) atoms. The van der Waals surface area contributed by atoms with E-state index in [1.807, 2.05) is 102 Å². The monoisotopic (exact) mass is 721 g/mol. The molecule has 0 fully saturated rings. The SMILES string of the molecule is CCCc1nc(-n2cccc2)c(/C=C/C(=O)O)n1Cc1ccc(-c2ccccc2)c(-c2nnn(C(c3ccccc3)(c3ccccc3)c3ccccc3)n2)c1. The fourth-order valence-corrected chi connectivity index (χ4v) is 7.35. The molecular weight excluding hydrogens is 683 g/mol. The first-order valence-electron chi connectivity index (χ1n) is 18.4. The number of carbonyl (C=O) groups is 1. The van der Waals surface area contributed by atoms with E-state index in [4.69, 9.17) is 20.4 Å². The molecule has 0 radical (unpaired) electrons. The lowest BCUT2D eigenvalue weighted by molar-refractivity contribution is -0.131. The number of nitrogens with zero attached hydrogens (tertiary/aromatic N) is 7. The van der Waals surface area contributed by atoms with E-state index in [0.29, 0.717) is 23.9 Å². The second-order valence-electron chi connectivity index (χ2n) is 13.3. The predicted molar refractivity (Wildman–Crippen MR) is 215 cm³/mol. The molecule has 9 heteroatoms. The molecule has 0 saturated carbocycles. The van der Waals surface area contributed by atoms with Crippen LogP contribution in [0.4, 0.5) is 0 Å². The number of hydrogen-bond acceptors (Lipinski definition) is 5. The topological polar surface area (TPSA) is 104 Å². The molecule has 0 aliphatic carbocycles. The highest BCUT2D eigenvalue weighted by molar-refractivity contribution is 5.85. The summed E-state index contributed by atoms with van der Waals surface area (Å²) in [5, 5.41) is 24.5. The van der Waals surface area contributed by atoms with Gasteiger partial charge in [0, 0.05) is 37.0 Å². The number of rotatable bonds is 13. The quantitative estimate of drug-likeness (QED) is 0.0942. The third kappa shape index (κ3) is 6.79. The van der Waals surface area contributed by atoms with E-state index in [9.17, 15) is 9.90 Å². The summed E-state index contributed by atoms with van der Waals surface area (Å²) in [7, 11) is 0. The third-order valence-corrected chi connectivity index (χ3v) is 9.81. The normalized spacial score (nSPS) is 11.7. The Kier molecular flexibility index (Phi) is 9.82. The van der Waals surface area contributed by atoms with Gasteiger partial charge in [-0.15, -0.1) is 15.0 Å². The lowest BCUT2D eigenvalue weighted by atomic mass is 9.77. The average Bonchev–Trinajstić information content (AvgIpc) is 4.01. The van der Waals surface area contributed by atoms with Crippen molar-refractivity contribution in [3.8, 4) is 28.3 Å². The third-order valence-electron chi connectivity index (χ3n) is 9.81. The first-order chi connectivity index (χ1) is 27.1. The standard InChI is InChI=1S/C46H39N7O2/c1-2-17-42-47-45(51-30-15-16-31-51)41(28-29-43(54)55)52(42)33-34-26-27-39(35-18-7-3-8-19-35)40(32-34)44-48-50-53(49-44)46(36-20-9-4-10-21-36,37-22-11-5-12-23-37)38-24-13-6-14-25-38/h3-16,18-32H,2,17,33H2,1H3,(H,54,55)/b29-28+. The van der Waals surface area contributed by atoms with Crippen molar-refractivity contribution in [2.45, 2.75) is 31.8 Å². The molecule has 0 atom stereocenters. The van der Waals surface area contributed by atoms with Gasteiger partial charge in [0.2, 0.25) is 5.82 Å². The molecule has 0 bridgehead atoms. The fourth-order valence-electron chi connectivity index (χ4n) is 7.35. The minimum Gasteiger partial charge on any atom is -0.478 e. The molecule has 3 aromatic heterocycles. The number of carboxylic acid groups (broad SMARTS) is 1. The van der Waals surface area contributed by atoms with Crippen molar-refractivity contribution in [1.29, 1.82) is 0 Å². The number of aliphatic carboxylic acids is 1. The summed E-state index contributed by atoms with van der Waals surface area (Å²) in [6.45, 7) is 2.56. The van der Waals surface area contributed by atoms with E-state index < -0.39 is 11.5 Å². The van der Waals surface area contributed by atoms with E-state index in [1.54, 1.807) is 10.9 Å². The molecule has 270 valence electrons. The van der Waals surface area contributed by atoms with Gasteiger partial charge >= 0.3 is 5.97 Å². The van der Waals surface area contributed by atoms with Gasteiger partial charge in [-0.05, 0) is 69.3 Å². The molecule has 1 N–H and O–H groups in total. The van der Waals surface area contributed by atoms with E-state index in [1.165, 1.54) is 6.08 Å². The summed E-state index contributed by atoms with van der Waals surface area (Å²) in [6.07, 6.45) is 8.24. The highest BCUT2D eigenvalue weighted by atomic mass is 16.4. The van der Waals surface area contributed by atoms with Crippen LogP contribution in [0.25, 0.3) is 34.4 Å². The van der Waals surface area contributed by atoms with Crippen molar-refractivity contribution in [2.24, 2.45) is 0 Å². The molecule has 3 heterocycles. The Morgan fingerprint density at radius 1 is 0.727 bits per heavy atom. The first kappa shape index (κ1) is 34.9. The molecule has 0 aliphatic rings. The van der Waals surface area contributed by atoms with E-state index >= 15 is 0 Å². The Morgan fingerprint density at radius 2 is 1.31 bits per heavy atom. The van der Waals surface area contributed by atoms with E-state index in [0.717, 1.165) is 57.6 Å². The summed E-state index contributed by atoms with van der Waals surface area (Å²) in [4.78, 5) is 18.5. The van der Waals surface area contributed by atoms with Crippen molar-refractivity contribution in [3.05, 3.63) is 204 Å². The minimum absolute atomic E-state index is 0.446. The van der Waals surface area contributed by atoms with Crippen LogP contribution in [0, 0.1) is 0 Å². The Bertz CT molecular complexity index is 2450. The average molecular weight is 722 g/mol. The van der Waals surface area contributed by atoms with Crippen molar-refractivity contribution in [2.75, 3.05) is 0 Å². The van der Waals surface area contributed by atoms with Crippen LogP contribution in [0.1, 0.15) is 47.1 Å². The van der Waals surface area contributed by atoms with Gasteiger partial charge < -0.3 is 14.2 Å².